The number of sulfonamides is 1. The fraction of sp³-hybridized carbons (Fsp3) is 0.417. The van der Waals surface area contributed by atoms with E-state index in [0.29, 0.717) is 6.54 Å². The molecule has 0 aliphatic carbocycles. The molecule has 0 saturated heterocycles. The number of hydrogen-bond acceptors (Lipinski definition) is 4. The minimum Gasteiger partial charge on any atom is -0.396 e. The van der Waals surface area contributed by atoms with E-state index < -0.39 is 27.8 Å². The van der Waals surface area contributed by atoms with E-state index in [2.05, 4.69) is 10.0 Å². The molecule has 0 saturated carbocycles. The van der Waals surface area contributed by atoms with Gasteiger partial charge in [0.25, 0.3) is 0 Å². The number of likely N-dealkylation sites (N-methyl/N-ethyl adjacent to an activating group) is 1. The number of hydrogen-bond donors (Lipinski definition) is 3. The Hall–Kier alpha value is -1.67. The standard InChI is InChI=1S/C12H18FN3O3S/c1-4-15-12(17)8(3)16-20(18,19)9-5-7(2)11(13)10(14)6-9/h5-6,8,16H,4,14H2,1-3H3,(H,15,17). The Morgan fingerprint density at radius 2 is 2.05 bits per heavy atom. The normalized spacial score (nSPS) is 13.0. The number of amides is 1. The van der Waals surface area contributed by atoms with Crippen LogP contribution in [0.4, 0.5) is 10.1 Å². The van der Waals surface area contributed by atoms with Crippen molar-refractivity contribution in [2.45, 2.75) is 31.7 Å². The first-order valence-corrected chi connectivity index (χ1v) is 7.53. The van der Waals surface area contributed by atoms with Crippen molar-refractivity contribution in [1.82, 2.24) is 10.0 Å². The number of nitrogens with two attached hydrogens (primary N) is 1. The lowest BCUT2D eigenvalue weighted by Gasteiger charge is -2.14. The van der Waals surface area contributed by atoms with Crippen molar-refractivity contribution in [3.63, 3.8) is 0 Å². The van der Waals surface area contributed by atoms with Crippen LogP contribution in [-0.2, 0) is 14.8 Å². The predicted octanol–water partition coefficient (Wildman–Crippen LogP) is 0.519. The van der Waals surface area contributed by atoms with Crippen LogP contribution < -0.4 is 15.8 Å². The van der Waals surface area contributed by atoms with E-state index in [0.717, 1.165) is 6.07 Å². The SMILES string of the molecule is CCNC(=O)C(C)NS(=O)(=O)c1cc(C)c(F)c(N)c1. The summed E-state index contributed by atoms with van der Waals surface area (Å²) in [4.78, 5) is 11.3. The van der Waals surface area contributed by atoms with Crippen molar-refractivity contribution in [2.24, 2.45) is 0 Å². The van der Waals surface area contributed by atoms with Crippen molar-refractivity contribution in [2.75, 3.05) is 12.3 Å². The molecule has 6 nitrogen and oxygen atoms in total. The first-order valence-electron chi connectivity index (χ1n) is 6.04. The average Bonchev–Trinajstić information content (AvgIpc) is 2.35. The van der Waals surface area contributed by atoms with Crippen LogP contribution in [0.15, 0.2) is 17.0 Å². The minimum atomic E-state index is -3.94. The Balaban J connectivity index is 3.03. The molecule has 0 heterocycles. The van der Waals surface area contributed by atoms with Crippen LogP contribution in [0.25, 0.3) is 0 Å². The molecule has 0 radical (unpaired) electrons. The van der Waals surface area contributed by atoms with Gasteiger partial charge >= 0.3 is 0 Å². The monoisotopic (exact) mass is 303 g/mol. The quantitative estimate of drug-likeness (QED) is 0.690. The molecular formula is C12H18FN3O3S. The fourth-order valence-corrected chi connectivity index (χ4v) is 2.92. The van der Waals surface area contributed by atoms with Gasteiger partial charge in [-0.05, 0) is 38.5 Å². The summed E-state index contributed by atoms with van der Waals surface area (Å²) >= 11 is 0. The molecule has 0 aromatic heterocycles. The summed E-state index contributed by atoms with van der Waals surface area (Å²) in [6.45, 7) is 4.96. The smallest absolute Gasteiger partial charge is 0.241 e. The Morgan fingerprint density at radius 3 is 2.55 bits per heavy atom. The second-order valence-electron chi connectivity index (χ2n) is 4.38. The van der Waals surface area contributed by atoms with E-state index in [1.165, 1.54) is 19.9 Å². The van der Waals surface area contributed by atoms with E-state index >= 15 is 0 Å². The predicted molar refractivity (Wildman–Crippen MR) is 74.0 cm³/mol. The molecule has 0 bridgehead atoms. The van der Waals surface area contributed by atoms with E-state index in [1.807, 2.05) is 0 Å². The third-order valence-corrected chi connectivity index (χ3v) is 4.16. The van der Waals surface area contributed by atoms with Crippen molar-refractivity contribution < 1.29 is 17.6 Å². The zero-order valence-corrected chi connectivity index (χ0v) is 12.3. The number of carbonyl (C=O) groups excluding carboxylic acids is 1. The molecule has 0 aliphatic rings. The van der Waals surface area contributed by atoms with Gasteiger partial charge in [-0.2, -0.15) is 4.72 Å². The van der Waals surface area contributed by atoms with Crippen LogP contribution in [0.5, 0.6) is 0 Å². The molecule has 0 aliphatic heterocycles. The van der Waals surface area contributed by atoms with E-state index in [4.69, 9.17) is 5.73 Å². The van der Waals surface area contributed by atoms with E-state index in [1.54, 1.807) is 6.92 Å². The number of nitrogen functional groups attached to an aromatic ring is 1. The molecule has 4 N–H and O–H groups in total. The van der Waals surface area contributed by atoms with Crippen molar-refractivity contribution in [3.8, 4) is 0 Å². The number of halogens is 1. The Kier molecular flexibility index (Phi) is 5.07. The lowest BCUT2D eigenvalue weighted by atomic mass is 10.2. The average molecular weight is 303 g/mol. The molecule has 112 valence electrons. The van der Waals surface area contributed by atoms with Gasteiger partial charge in [-0.15, -0.1) is 0 Å². The van der Waals surface area contributed by atoms with Gasteiger partial charge in [0, 0.05) is 6.54 Å². The molecular weight excluding hydrogens is 285 g/mol. The van der Waals surface area contributed by atoms with Gasteiger partial charge in [0.05, 0.1) is 16.6 Å². The molecule has 8 heteroatoms. The lowest BCUT2D eigenvalue weighted by Crippen LogP contribution is -2.44. The lowest BCUT2D eigenvalue weighted by molar-refractivity contribution is -0.122. The molecule has 1 aromatic carbocycles. The first-order chi connectivity index (χ1) is 9.19. The molecule has 1 rings (SSSR count). The number of benzene rings is 1. The topological polar surface area (TPSA) is 101 Å². The molecule has 20 heavy (non-hydrogen) atoms. The van der Waals surface area contributed by atoms with Crippen LogP contribution in [-0.4, -0.2) is 26.9 Å². The van der Waals surface area contributed by atoms with Crippen LogP contribution in [0, 0.1) is 12.7 Å². The number of nitrogens with one attached hydrogen (secondary N) is 2. The largest absolute Gasteiger partial charge is 0.396 e. The number of anilines is 1. The first kappa shape index (κ1) is 16.4. The van der Waals surface area contributed by atoms with Gasteiger partial charge in [-0.25, -0.2) is 12.8 Å². The zero-order valence-electron chi connectivity index (χ0n) is 11.5. The third-order valence-electron chi connectivity index (χ3n) is 2.64. The summed E-state index contributed by atoms with van der Waals surface area (Å²) < 4.78 is 39.8. The minimum absolute atomic E-state index is 0.121. The highest BCUT2D eigenvalue weighted by atomic mass is 32.2. The summed E-state index contributed by atoms with van der Waals surface area (Å²) in [5.41, 5.74) is 5.28. The number of carbonyl (C=O) groups is 1. The highest BCUT2D eigenvalue weighted by Crippen LogP contribution is 2.20. The van der Waals surface area contributed by atoms with Crippen LogP contribution in [0.1, 0.15) is 19.4 Å². The van der Waals surface area contributed by atoms with Gasteiger partial charge in [-0.3, -0.25) is 4.79 Å². The van der Waals surface area contributed by atoms with Gasteiger partial charge in [0.15, 0.2) is 0 Å². The Morgan fingerprint density at radius 1 is 1.45 bits per heavy atom. The molecule has 1 unspecified atom stereocenters. The summed E-state index contributed by atoms with van der Waals surface area (Å²) in [7, 11) is -3.94. The number of rotatable bonds is 5. The molecule has 0 spiro atoms. The van der Waals surface area contributed by atoms with E-state index in [-0.39, 0.29) is 16.1 Å². The van der Waals surface area contributed by atoms with Gasteiger partial charge < -0.3 is 11.1 Å². The fourth-order valence-electron chi connectivity index (χ4n) is 1.60. The molecule has 1 amide bonds. The maximum Gasteiger partial charge on any atom is 0.241 e. The molecule has 0 fully saturated rings. The van der Waals surface area contributed by atoms with Crippen LogP contribution in [0.3, 0.4) is 0 Å². The summed E-state index contributed by atoms with van der Waals surface area (Å²) in [5, 5.41) is 2.50. The second-order valence-corrected chi connectivity index (χ2v) is 6.09. The van der Waals surface area contributed by atoms with Crippen LogP contribution >= 0.6 is 0 Å². The number of aryl methyl sites for hydroxylation is 1. The second kappa shape index (κ2) is 6.19. The summed E-state index contributed by atoms with van der Waals surface area (Å²) in [6.07, 6.45) is 0. The summed E-state index contributed by atoms with van der Waals surface area (Å²) in [6, 6.07) is 1.25. The van der Waals surface area contributed by atoms with Crippen LogP contribution in [0.2, 0.25) is 0 Å². The van der Waals surface area contributed by atoms with Gasteiger partial charge in [-0.1, -0.05) is 0 Å². The van der Waals surface area contributed by atoms with Gasteiger partial charge in [0.2, 0.25) is 15.9 Å². The summed E-state index contributed by atoms with van der Waals surface area (Å²) in [5.74, 6) is -1.09. The van der Waals surface area contributed by atoms with Crippen molar-refractivity contribution >= 4 is 21.6 Å². The van der Waals surface area contributed by atoms with Crippen molar-refractivity contribution in [1.29, 1.82) is 0 Å². The zero-order chi connectivity index (χ0) is 15.5. The third kappa shape index (κ3) is 3.67. The molecule has 1 atom stereocenters. The Labute approximate surface area is 117 Å². The van der Waals surface area contributed by atoms with Crippen molar-refractivity contribution in [3.05, 3.63) is 23.5 Å². The highest BCUT2D eigenvalue weighted by molar-refractivity contribution is 7.89. The highest BCUT2D eigenvalue weighted by Gasteiger charge is 2.23. The Bertz CT molecular complexity index is 593. The maximum absolute atomic E-state index is 13.4. The molecule has 1 aromatic rings. The maximum atomic E-state index is 13.4. The van der Waals surface area contributed by atoms with E-state index in [9.17, 15) is 17.6 Å². The van der Waals surface area contributed by atoms with Gasteiger partial charge in [0.1, 0.15) is 5.82 Å².